The second kappa shape index (κ2) is 8.27. The first-order chi connectivity index (χ1) is 14.0. The van der Waals surface area contributed by atoms with E-state index in [1.807, 2.05) is 43.1 Å². The van der Waals surface area contributed by atoms with E-state index in [1.54, 1.807) is 4.90 Å². The lowest BCUT2D eigenvalue weighted by molar-refractivity contribution is -0.122. The molecular formula is C24H29N3O2. The van der Waals surface area contributed by atoms with Gasteiger partial charge in [0.1, 0.15) is 0 Å². The fourth-order valence-electron chi connectivity index (χ4n) is 4.65. The number of carbonyl (C=O) groups excluding carboxylic acids is 2. The van der Waals surface area contributed by atoms with Gasteiger partial charge in [0.2, 0.25) is 11.8 Å². The normalized spacial score (nSPS) is 21.2. The van der Waals surface area contributed by atoms with Gasteiger partial charge in [-0.05, 0) is 42.5 Å². The molecule has 1 N–H and O–H groups in total. The van der Waals surface area contributed by atoms with E-state index in [-0.39, 0.29) is 24.3 Å². The van der Waals surface area contributed by atoms with Gasteiger partial charge in [-0.3, -0.25) is 9.59 Å². The lowest BCUT2D eigenvalue weighted by Gasteiger charge is -2.28. The molecule has 2 aliphatic rings. The van der Waals surface area contributed by atoms with Crippen molar-refractivity contribution in [1.82, 2.24) is 5.32 Å². The van der Waals surface area contributed by atoms with Gasteiger partial charge in [0, 0.05) is 26.1 Å². The van der Waals surface area contributed by atoms with Crippen LogP contribution < -0.4 is 15.1 Å². The van der Waals surface area contributed by atoms with Gasteiger partial charge in [-0.1, -0.05) is 43.3 Å². The van der Waals surface area contributed by atoms with Gasteiger partial charge in [0.15, 0.2) is 0 Å². The SMILES string of the molecule is CC1CN(CC(=O)NCC2CCCc3ccccc32)c2ccccc2N(C)C1=O. The number of benzene rings is 2. The minimum atomic E-state index is -0.162. The summed E-state index contributed by atoms with van der Waals surface area (Å²) in [5, 5.41) is 3.15. The van der Waals surface area contributed by atoms with Gasteiger partial charge in [-0.15, -0.1) is 0 Å². The van der Waals surface area contributed by atoms with Crippen LogP contribution in [0.2, 0.25) is 0 Å². The minimum Gasteiger partial charge on any atom is -0.360 e. The Morgan fingerprint density at radius 3 is 2.66 bits per heavy atom. The van der Waals surface area contributed by atoms with Crippen molar-refractivity contribution in [3.63, 3.8) is 0 Å². The third kappa shape index (κ3) is 4.00. The van der Waals surface area contributed by atoms with Gasteiger partial charge in [0.25, 0.3) is 0 Å². The molecule has 4 rings (SSSR count). The highest BCUT2D eigenvalue weighted by molar-refractivity contribution is 6.00. The van der Waals surface area contributed by atoms with Crippen LogP contribution in [0.4, 0.5) is 11.4 Å². The molecule has 0 saturated heterocycles. The van der Waals surface area contributed by atoms with Crippen LogP contribution in [0.15, 0.2) is 48.5 Å². The molecule has 1 aliphatic carbocycles. The number of fused-ring (bicyclic) bond motifs is 2. The summed E-state index contributed by atoms with van der Waals surface area (Å²) in [6.07, 6.45) is 3.41. The number of nitrogens with one attached hydrogen (secondary N) is 1. The smallest absolute Gasteiger partial charge is 0.239 e. The first-order valence-corrected chi connectivity index (χ1v) is 10.5. The molecule has 0 aromatic heterocycles. The van der Waals surface area contributed by atoms with Gasteiger partial charge in [-0.25, -0.2) is 0 Å². The van der Waals surface area contributed by atoms with Crippen molar-refractivity contribution in [1.29, 1.82) is 0 Å². The summed E-state index contributed by atoms with van der Waals surface area (Å²) >= 11 is 0. The Morgan fingerprint density at radius 1 is 1.10 bits per heavy atom. The summed E-state index contributed by atoms with van der Waals surface area (Å²) < 4.78 is 0. The zero-order valence-electron chi connectivity index (χ0n) is 17.2. The molecule has 29 heavy (non-hydrogen) atoms. The Morgan fingerprint density at radius 2 is 1.83 bits per heavy atom. The third-order valence-electron chi connectivity index (χ3n) is 6.20. The highest BCUT2D eigenvalue weighted by atomic mass is 16.2. The Kier molecular flexibility index (Phi) is 5.56. The van der Waals surface area contributed by atoms with Crippen molar-refractivity contribution in [2.45, 2.75) is 32.1 Å². The predicted octanol–water partition coefficient (Wildman–Crippen LogP) is 3.34. The number of carbonyl (C=O) groups is 2. The molecule has 1 aliphatic heterocycles. The molecule has 1 heterocycles. The number of amides is 2. The number of aryl methyl sites for hydroxylation is 1. The zero-order valence-corrected chi connectivity index (χ0v) is 17.2. The molecule has 2 unspecified atom stereocenters. The Labute approximate surface area is 172 Å². The van der Waals surface area contributed by atoms with Crippen molar-refractivity contribution in [2.24, 2.45) is 5.92 Å². The molecule has 2 aromatic carbocycles. The summed E-state index contributed by atoms with van der Waals surface area (Å²) in [6.45, 7) is 3.39. The van der Waals surface area contributed by atoms with Gasteiger partial charge >= 0.3 is 0 Å². The molecule has 0 fully saturated rings. The standard InChI is InChI=1S/C24H29N3O2/c1-17-15-27(22-13-6-5-12-21(22)26(2)24(17)29)16-23(28)25-14-19-10-7-9-18-8-3-4-11-20(18)19/h3-6,8,11-13,17,19H,7,9-10,14-16H2,1-2H3,(H,25,28). The van der Waals surface area contributed by atoms with Crippen LogP contribution in [-0.2, 0) is 16.0 Å². The number of rotatable bonds is 4. The lowest BCUT2D eigenvalue weighted by Crippen LogP contribution is -2.41. The number of nitrogens with zero attached hydrogens (tertiary/aromatic N) is 2. The largest absolute Gasteiger partial charge is 0.360 e. The van der Waals surface area contributed by atoms with Crippen LogP contribution in [-0.4, -0.2) is 38.5 Å². The first kappa shape index (κ1) is 19.5. The molecule has 0 radical (unpaired) electrons. The number of hydrogen-bond acceptors (Lipinski definition) is 3. The van der Waals surface area contributed by atoms with Crippen LogP contribution in [0.3, 0.4) is 0 Å². The van der Waals surface area contributed by atoms with E-state index in [9.17, 15) is 9.59 Å². The lowest BCUT2D eigenvalue weighted by atomic mass is 9.83. The average Bonchev–Trinajstić information content (AvgIpc) is 2.83. The molecule has 0 bridgehead atoms. The van der Waals surface area contributed by atoms with Crippen LogP contribution in [0.1, 0.15) is 36.8 Å². The van der Waals surface area contributed by atoms with Gasteiger partial charge < -0.3 is 15.1 Å². The minimum absolute atomic E-state index is 0.00654. The number of para-hydroxylation sites is 2. The van der Waals surface area contributed by atoms with Crippen molar-refractivity contribution in [3.8, 4) is 0 Å². The first-order valence-electron chi connectivity index (χ1n) is 10.5. The van der Waals surface area contributed by atoms with Crippen molar-refractivity contribution < 1.29 is 9.59 Å². The maximum Gasteiger partial charge on any atom is 0.239 e. The summed E-state index contributed by atoms with van der Waals surface area (Å²) in [7, 11) is 1.81. The Bertz CT molecular complexity index is 911. The second-order valence-electron chi connectivity index (χ2n) is 8.26. The van der Waals surface area contributed by atoms with E-state index in [4.69, 9.17) is 0 Å². The van der Waals surface area contributed by atoms with Crippen LogP contribution in [0.5, 0.6) is 0 Å². The van der Waals surface area contributed by atoms with Crippen molar-refractivity contribution in [3.05, 3.63) is 59.7 Å². The topological polar surface area (TPSA) is 52.7 Å². The van der Waals surface area contributed by atoms with Crippen molar-refractivity contribution in [2.75, 3.05) is 36.5 Å². The van der Waals surface area contributed by atoms with Gasteiger partial charge in [0.05, 0.1) is 23.8 Å². The van der Waals surface area contributed by atoms with Crippen LogP contribution in [0.25, 0.3) is 0 Å². The van der Waals surface area contributed by atoms with Crippen LogP contribution in [0, 0.1) is 5.92 Å². The Balaban J connectivity index is 1.45. The molecule has 2 atom stereocenters. The summed E-state index contributed by atoms with van der Waals surface area (Å²) in [6, 6.07) is 16.4. The van der Waals surface area contributed by atoms with Crippen molar-refractivity contribution >= 4 is 23.2 Å². The maximum absolute atomic E-state index is 12.8. The Hall–Kier alpha value is -2.82. The fourth-order valence-corrected chi connectivity index (χ4v) is 4.65. The quantitative estimate of drug-likeness (QED) is 0.870. The highest BCUT2D eigenvalue weighted by Crippen LogP contribution is 2.33. The highest BCUT2D eigenvalue weighted by Gasteiger charge is 2.30. The monoisotopic (exact) mass is 391 g/mol. The predicted molar refractivity (Wildman–Crippen MR) is 116 cm³/mol. The number of hydrogen-bond donors (Lipinski definition) is 1. The summed E-state index contributed by atoms with van der Waals surface area (Å²) in [4.78, 5) is 29.1. The second-order valence-corrected chi connectivity index (χ2v) is 8.26. The van der Waals surface area contributed by atoms with Gasteiger partial charge in [-0.2, -0.15) is 0 Å². The number of anilines is 2. The fraction of sp³-hybridized carbons (Fsp3) is 0.417. The summed E-state index contributed by atoms with van der Waals surface area (Å²) in [5.74, 6) is 0.309. The molecule has 0 saturated carbocycles. The van der Waals surface area contributed by atoms with E-state index >= 15 is 0 Å². The molecule has 2 aromatic rings. The molecule has 5 heteroatoms. The molecule has 152 valence electrons. The zero-order chi connectivity index (χ0) is 20.4. The molecule has 0 spiro atoms. The van der Waals surface area contributed by atoms with E-state index in [2.05, 4.69) is 29.6 Å². The average molecular weight is 392 g/mol. The summed E-state index contributed by atoms with van der Waals surface area (Å²) in [5.41, 5.74) is 4.58. The van der Waals surface area contributed by atoms with Crippen LogP contribution >= 0.6 is 0 Å². The third-order valence-corrected chi connectivity index (χ3v) is 6.20. The van der Waals surface area contributed by atoms with E-state index in [0.717, 1.165) is 24.2 Å². The van der Waals surface area contributed by atoms with E-state index in [1.165, 1.54) is 17.5 Å². The van der Waals surface area contributed by atoms with E-state index in [0.29, 0.717) is 19.0 Å². The molecular weight excluding hydrogens is 362 g/mol. The maximum atomic E-state index is 12.8. The molecule has 2 amide bonds. The van der Waals surface area contributed by atoms with E-state index < -0.39 is 0 Å². The molecule has 5 nitrogen and oxygen atoms in total.